The lowest BCUT2D eigenvalue weighted by molar-refractivity contribution is 0.220. The Morgan fingerprint density at radius 1 is 1.28 bits per heavy atom. The summed E-state index contributed by atoms with van der Waals surface area (Å²) >= 11 is 13.2. The molecule has 96 valence electrons. The molecule has 0 aliphatic heterocycles. The van der Waals surface area contributed by atoms with Gasteiger partial charge in [-0.1, -0.05) is 29.3 Å². The first-order valence-corrected chi connectivity index (χ1v) is 6.87. The lowest BCUT2D eigenvalue weighted by Gasteiger charge is -2.12. The van der Waals surface area contributed by atoms with Gasteiger partial charge in [0.15, 0.2) is 0 Å². The molecule has 0 aliphatic rings. The standard InChI is InChI=1S/C13H12Cl2O2S/c1-7-5-8(3-4-10(7)17-2)12(16)9-6-11(14)18-13(9)15/h3-6,12,16H,1-2H3. The van der Waals surface area contributed by atoms with Crippen molar-refractivity contribution in [3.8, 4) is 5.75 Å². The number of methoxy groups -OCH3 is 1. The Kier molecular flexibility index (Phi) is 4.17. The van der Waals surface area contributed by atoms with Gasteiger partial charge in [-0.2, -0.15) is 0 Å². The zero-order valence-electron chi connectivity index (χ0n) is 9.91. The van der Waals surface area contributed by atoms with Gasteiger partial charge in [-0.05, 0) is 36.2 Å². The van der Waals surface area contributed by atoms with Crippen molar-refractivity contribution in [2.24, 2.45) is 0 Å². The van der Waals surface area contributed by atoms with E-state index in [1.807, 2.05) is 25.1 Å². The van der Waals surface area contributed by atoms with E-state index in [9.17, 15) is 5.11 Å². The summed E-state index contributed by atoms with van der Waals surface area (Å²) in [7, 11) is 1.62. The highest BCUT2D eigenvalue weighted by atomic mass is 35.5. The van der Waals surface area contributed by atoms with Crippen molar-refractivity contribution in [2.75, 3.05) is 7.11 Å². The predicted octanol–water partition coefficient (Wildman–Crippen LogP) is 4.45. The molecule has 0 fully saturated rings. The largest absolute Gasteiger partial charge is 0.496 e. The topological polar surface area (TPSA) is 29.5 Å². The number of aliphatic hydroxyl groups excluding tert-OH is 1. The van der Waals surface area contributed by atoms with Crippen molar-refractivity contribution in [3.05, 3.63) is 49.6 Å². The summed E-state index contributed by atoms with van der Waals surface area (Å²) in [4.78, 5) is 0. The van der Waals surface area contributed by atoms with Gasteiger partial charge in [0, 0.05) is 5.56 Å². The van der Waals surface area contributed by atoms with Crippen molar-refractivity contribution in [3.63, 3.8) is 0 Å². The summed E-state index contributed by atoms with van der Waals surface area (Å²) in [5, 5.41) is 10.3. The molecule has 0 spiro atoms. The molecule has 0 radical (unpaired) electrons. The molecule has 1 unspecified atom stereocenters. The maximum Gasteiger partial charge on any atom is 0.121 e. The van der Waals surface area contributed by atoms with Crippen LogP contribution in [0.5, 0.6) is 5.75 Å². The zero-order valence-corrected chi connectivity index (χ0v) is 12.2. The first kappa shape index (κ1) is 13.7. The fourth-order valence-electron chi connectivity index (χ4n) is 1.79. The van der Waals surface area contributed by atoms with E-state index in [1.165, 1.54) is 11.3 Å². The van der Waals surface area contributed by atoms with Crippen LogP contribution in [0.2, 0.25) is 8.67 Å². The van der Waals surface area contributed by atoms with Gasteiger partial charge >= 0.3 is 0 Å². The number of benzene rings is 1. The van der Waals surface area contributed by atoms with Crippen LogP contribution in [0.25, 0.3) is 0 Å². The molecule has 1 atom stereocenters. The number of halogens is 2. The molecule has 1 N–H and O–H groups in total. The minimum Gasteiger partial charge on any atom is -0.496 e. The first-order chi connectivity index (χ1) is 8.52. The second kappa shape index (κ2) is 5.49. The van der Waals surface area contributed by atoms with E-state index >= 15 is 0 Å². The molecule has 0 aliphatic carbocycles. The first-order valence-electron chi connectivity index (χ1n) is 5.30. The van der Waals surface area contributed by atoms with E-state index in [2.05, 4.69) is 0 Å². The van der Waals surface area contributed by atoms with Gasteiger partial charge in [-0.15, -0.1) is 11.3 Å². The van der Waals surface area contributed by atoms with Crippen LogP contribution in [0.4, 0.5) is 0 Å². The van der Waals surface area contributed by atoms with Gasteiger partial charge in [-0.25, -0.2) is 0 Å². The minimum absolute atomic E-state index is 0.515. The van der Waals surface area contributed by atoms with Gasteiger partial charge < -0.3 is 9.84 Å². The molecule has 1 aromatic heterocycles. The van der Waals surface area contributed by atoms with E-state index in [4.69, 9.17) is 27.9 Å². The molecule has 0 saturated carbocycles. The SMILES string of the molecule is COc1ccc(C(O)c2cc(Cl)sc2Cl)cc1C. The highest BCUT2D eigenvalue weighted by Crippen LogP contribution is 2.38. The van der Waals surface area contributed by atoms with Crippen LogP contribution in [0.3, 0.4) is 0 Å². The second-order valence-electron chi connectivity index (χ2n) is 3.91. The van der Waals surface area contributed by atoms with Crippen LogP contribution < -0.4 is 4.74 Å². The van der Waals surface area contributed by atoms with E-state index in [1.54, 1.807) is 13.2 Å². The number of rotatable bonds is 3. The number of aryl methyl sites for hydroxylation is 1. The third-order valence-corrected chi connectivity index (χ3v) is 4.23. The van der Waals surface area contributed by atoms with E-state index < -0.39 is 6.10 Å². The van der Waals surface area contributed by atoms with E-state index in [0.29, 0.717) is 14.2 Å². The minimum atomic E-state index is -0.772. The number of hydrogen-bond acceptors (Lipinski definition) is 3. The van der Waals surface area contributed by atoms with Gasteiger partial charge in [0.25, 0.3) is 0 Å². The maximum absolute atomic E-state index is 10.3. The Morgan fingerprint density at radius 2 is 2.00 bits per heavy atom. The summed E-state index contributed by atoms with van der Waals surface area (Å²) in [5.74, 6) is 0.792. The molecule has 0 bridgehead atoms. The zero-order chi connectivity index (χ0) is 13.3. The Hall–Kier alpha value is -0.740. The predicted molar refractivity (Wildman–Crippen MR) is 76.1 cm³/mol. The van der Waals surface area contributed by atoms with Crippen LogP contribution in [0.15, 0.2) is 24.3 Å². The average Bonchev–Trinajstić information content (AvgIpc) is 2.67. The third-order valence-electron chi connectivity index (χ3n) is 2.71. The Labute approximate surface area is 120 Å². The normalized spacial score (nSPS) is 12.5. The van der Waals surface area contributed by atoms with E-state index in [-0.39, 0.29) is 0 Å². The van der Waals surface area contributed by atoms with Crippen molar-refractivity contribution >= 4 is 34.5 Å². The molecule has 1 aromatic carbocycles. The fraction of sp³-hybridized carbons (Fsp3) is 0.231. The molecule has 2 rings (SSSR count). The van der Waals surface area contributed by atoms with Crippen molar-refractivity contribution in [1.29, 1.82) is 0 Å². The molecular weight excluding hydrogens is 291 g/mol. The molecule has 5 heteroatoms. The van der Waals surface area contributed by atoms with Crippen LogP contribution in [-0.2, 0) is 0 Å². The molecule has 2 aromatic rings. The second-order valence-corrected chi connectivity index (χ2v) is 6.20. The highest BCUT2D eigenvalue weighted by molar-refractivity contribution is 7.20. The lowest BCUT2D eigenvalue weighted by Crippen LogP contribution is -1.99. The van der Waals surface area contributed by atoms with Crippen LogP contribution >= 0.6 is 34.5 Å². The smallest absolute Gasteiger partial charge is 0.121 e. The summed E-state index contributed by atoms with van der Waals surface area (Å²) in [6, 6.07) is 7.22. The summed E-state index contributed by atoms with van der Waals surface area (Å²) in [6.07, 6.45) is -0.772. The molecule has 0 amide bonds. The Balaban J connectivity index is 2.37. The monoisotopic (exact) mass is 302 g/mol. The number of hydrogen-bond donors (Lipinski definition) is 1. The Morgan fingerprint density at radius 3 is 2.50 bits per heavy atom. The number of aliphatic hydroxyl groups is 1. The van der Waals surface area contributed by atoms with Crippen molar-refractivity contribution in [1.82, 2.24) is 0 Å². The number of ether oxygens (including phenoxy) is 1. The Bertz CT molecular complexity index is 566. The van der Waals surface area contributed by atoms with Gasteiger partial charge in [0.05, 0.1) is 11.4 Å². The van der Waals surface area contributed by atoms with Gasteiger partial charge in [-0.3, -0.25) is 0 Å². The highest BCUT2D eigenvalue weighted by Gasteiger charge is 2.17. The molecule has 1 heterocycles. The van der Waals surface area contributed by atoms with Gasteiger partial charge in [0.1, 0.15) is 16.2 Å². The van der Waals surface area contributed by atoms with Crippen molar-refractivity contribution < 1.29 is 9.84 Å². The van der Waals surface area contributed by atoms with Crippen LogP contribution in [-0.4, -0.2) is 12.2 Å². The van der Waals surface area contributed by atoms with Gasteiger partial charge in [0.2, 0.25) is 0 Å². The maximum atomic E-state index is 10.3. The fourth-order valence-corrected chi connectivity index (χ4v) is 3.31. The number of thiophene rings is 1. The van der Waals surface area contributed by atoms with Crippen molar-refractivity contribution in [2.45, 2.75) is 13.0 Å². The quantitative estimate of drug-likeness (QED) is 0.907. The summed E-state index contributed by atoms with van der Waals surface area (Å²) in [5.41, 5.74) is 2.37. The van der Waals surface area contributed by atoms with Crippen LogP contribution in [0.1, 0.15) is 22.8 Å². The molecular formula is C13H12Cl2O2S. The summed E-state index contributed by atoms with van der Waals surface area (Å²) < 4.78 is 6.27. The van der Waals surface area contributed by atoms with Crippen LogP contribution in [0, 0.1) is 6.92 Å². The molecule has 18 heavy (non-hydrogen) atoms. The lowest BCUT2D eigenvalue weighted by atomic mass is 10.0. The summed E-state index contributed by atoms with van der Waals surface area (Å²) in [6.45, 7) is 1.93. The molecule has 2 nitrogen and oxygen atoms in total. The molecule has 0 saturated heterocycles. The van der Waals surface area contributed by atoms with E-state index in [0.717, 1.165) is 16.9 Å². The average molecular weight is 303 g/mol. The third kappa shape index (κ3) is 2.64.